The Kier molecular flexibility index (Phi) is 4.49. The Labute approximate surface area is 125 Å². The molecular formula is C13H15N3O4S. The van der Waals surface area contributed by atoms with Crippen molar-refractivity contribution in [3.05, 3.63) is 23.8 Å². The number of ether oxygens (including phenoxy) is 1. The first-order valence-electron chi connectivity index (χ1n) is 6.19. The molecule has 7 nitrogen and oxygen atoms in total. The fourth-order valence-electron chi connectivity index (χ4n) is 2.05. The van der Waals surface area contributed by atoms with Crippen molar-refractivity contribution in [3.8, 4) is 0 Å². The third kappa shape index (κ3) is 3.73. The molecule has 112 valence electrons. The van der Waals surface area contributed by atoms with E-state index in [1.807, 2.05) is 0 Å². The smallest absolute Gasteiger partial charge is 0.305 e. The number of nitrogens with one attached hydrogen (secondary N) is 1. The molecular weight excluding hydrogens is 294 g/mol. The second kappa shape index (κ2) is 6.15. The van der Waals surface area contributed by atoms with E-state index in [2.05, 4.69) is 14.0 Å². The molecule has 1 atom stereocenters. The van der Waals surface area contributed by atoms with Gasteiger partial charge in [-0.05, 0) is 25.1 Å². The predicted octanol–water partition coefficient (Wildman–Crippen LogP) is 2.02. The monoisotopic (exact) mass is 309 g/mol. The highest BCUT2D eigenvalue weighted by atomic mass is 32.1. The molecule has 0 radical (unpaired) electrons. The maximum Gasteiger partial charge on any atom is 0.305 e. The zero-order chi connectivity index (χ0) is 15.5. The Balaban J connectivity index is 2.15. The van der Waals surface area contributed by atoms with Gasteiger partial charge >= 0.3 is 5.97 Å². The van der Waals surface area contributed by atoms with E-state index >= 15 is 0 Å². The van der Waals surface area contributed by atoms with Crippen molar-refractivity contribution in [1.82, 2.24) is 5.32 Å². The van der Waals surface area contributed by atoms with E-state index in [4.69, 9.17) is 9.84 Å². The summed E-state index contributed by atoms with van der Waals surface area (Å²) in [7, 11) is 1.46. The van der Waals surface area contributed by atoms with Crippen LogP contribution in [0.25, 0.3) is 0 Å². The van der Waals surface area contributed by atoms with Gasteiger partial charge in [-0.15, -0.1) is 0 Å². The number of amides is 1. The lowest BCUT2D eigenvalue weighted by Gasteiger charge is -2.28. The van der Waals surface area contributed by atoms with Crippen LogP contribution < -0.4 is 5.32 Å². The van der Waals surface area contributed by atoms with Gasteiger partial charge in [0.25, 0.3) is 5.91 Å². The van der Waals surface area contributed by atoms with E-state index in [-0.39, 0.29) is 18.9 Å². The Hall–Kier alpha value is -2.06. The van der Waals surface area contributed by atoms with Crippen LogP contribution in [0.4, 0.5) is 11.4 Å². The molecule has 1 unspecified atom stereocenters. The van der Waals surface area contributed by atoms with Crippen LogP contribution in [0.3, 0.4) is 0 Å². The fraction of sp³-hybridized carbons (Fsp3) is 0.385. The molecule has 8 heteroatoms. The fourth-order valence-corrected chi connectivity index (χ4v) is 2.57. The summed E-state index contributed by atoms with van der Waals surface area (Å²) < 4.78 is 13.1. The number of hydrogen-bond donors (Lipinski definition) is 2. The summed E-state index contributed by atoms with van der Waals surface area (Å²) in [5.74, 6) is -1.38. The molecule has 0 aliphatic carbocycles. The number of methoxy groups -OCH3 is 1. The molecule has 2 rings (SSSR count). The Bertz CT molecular complexity index is 655. The molecule has 21 heavy (non-hydrogen) atoms. The maximum atomic E-state index is 12.3. The molecule has 1 amide bonds. The van der Waals surface area contributed by atoms with Gasteiger partial charge < -0.3 is 15.2 Å². The van der Waals surface area contributed by atoms with E-state index in [1.54, 1.807) is 25.1 Å². The molecule has 0 bridgehead atoms. The summed E-state index contributed by atoms with van der Waals surface area (Å²) in [5.41, 5.74) is 0.788. The van der Waals surface area contributed by atoms with Crippen LogP contribution in [0.15, 0.2) is 26.9 Å². The topological polar surface area (TPSA) is 100 Å². The van der Waals surface area contributed by atoms with Crippen LogP contribution in [0, 0.1) is 0 Å². The van der Waals surface area contributed by atoms with Crippen LogP contribution in [-0.4, -0.2) is 36.2 Å². The zero-order valence-electron chi connectivity index (χ0n) is 11.6. The first kappa shape index (κ1) is 15.3. The van der Waals surface area contributed by atoms with Gasteiger partial charge in [0, 0.05) is 12.7 Å². The van der Waals surface area contributed by atoms with Crippen molar-refractivity contribution >= 4 is 34.6 Å². The van der Waals surface area contributed by atoms with Crippen molar-refractivity contribution in [2.75, 3.05) is 13.7 Å². The highest BCUT2D eigenvalue weighted by molar-refractivity contribution is 7.58. The van der Waals surface area contributed by atoms with Crippen LogP contribution in [0.1, 0.15) is 23.7 Å². The van der Waals surface area contributed by atoms with Crippen molar-refractivity contribution < 1.29 is 19.4 Å². The van der Waals surface area contributed by atoms with Gasteiger partial charge in [0.15, 0.2) is 0 Å². The summed E-state index contributed by atoms with van der Waals surface area (Å²) in [6.07, 6.45) is -0.229. The van der Waals surface area contributed by atoms with Gasteiger partial charge in [-0.1, -0.05) is 0 Å². The third-order valence-corrected chi connectivity index (χ3v) is 3.49. The zero-order valence-corrected chi connectivity index (χ0v) is 12.4. The van der Waals surface area contributed by atoms with Crippen LogP contribution in [-0.2, 0) is 20.9 Å². The number of rotatable bonds is 6. The van der Waals surface area contributed by atoms with E-state index in [0.29, 0.717) is 11.3 Å². The minimum Gasteiger partial charge on any atom is -0.481 e. The molecule has 0 saturated heterocycles. The summed E-state index contributed by atoms with van der Waals surface area (Å²) >= 11 is 1.07. The predicted molar refractivity (Wildman–Crippen MR) is 78.0 cm³/mol. The second-order valence-corrected chi connectivity index (χ2v) is 5.51. The molecule has 0 spiro atoms. The minimum atomic E-state index is -1.01. The molecule has 1 aliphatic rings. The van der Waals surface area contributed by atoms with E-state index < -0.39 is 11.5 Å². The Morgan fingerprint density at radius 3 is 2.76 bits per heavy atom. The van der Waals surface area contributed by atoms with E-state index in [0.717, 1.165) is 17.0 Å². The van der Waals surface area contributed by atoms with Crippen LogP contribution >= 0.6 is 0 Å². The summed E-state index contributed by atoms with van der Waals surface area (Å²) in [6.45, 7) is 1.73. The Morgan fingerprint density at radius 1 is 1.38 bits per heavy atom. The quantitative estimate of drug-likeness (QED) is 0.852. The van der Waals surface area contributed by atoms with Crippen LogP contribution in [0.2, 0.25) is 0 Å². The lowest BCUT2D eigenvalue weighted by molar-refractivity contribution is -0.139. The minimum absolute atomic E-state index is 0.103. The van der Waals surface area contributed by atoms with Crippen molar-refractivity contribution in [3.63, 3.8) is 0 Å². The van der Waals surface area contributed by atoms with Gasteiger partial charge in [-0.25, -0.2) is 0 Å². The average molecular weight is 309 g/mol. The van der Waals surface area contributed by atoms with Crippen LogP contribution in [0.5, 0.6) is 0 Å². The van der Waals surface area contributed by atoms with Crippen molar-refractivity contribution in [2.45, 2.75) is 18.9 Å². The lowest BCUT2D eigenvalue weighted by Crippen LogP contribution is -2.50. The van der Waals surface area contributed by atoms with Gasteiger partial charge in [0.05, 0.1) is 29.9 Å². The summed E-state index contributed by atoms with van der Waals surface area (Å²) in [5, 5.41) is 11.7. The molecule has 1 aromatic rings. The van der Waals surface area contributed by atoms with Gasteiger partial charge in [0.1, 0.15) is 11.4 Å². The van der Waals surface area contributed by atoms with Crippen molar-refractivity contribution in [1.29, 1.82) is 0 Å². The number of fused-ring (bicyclic) bond motifs is 1. The number of carbonyl (C=O) groups is 2. The number of carbonyl (C=O) groups excluding carboxylic acids is 1. The second-order valence-electron chi connectivity index (χ2n) is 4.99. The molecule has 1 aromatic carbocycles. The summed E-state index contributed by atoms with van der Waals surface area (Å²) in [6, 6.07) is 4.97. The van der Waals surface area contributed by atoms with E-state index in [1.165, 1.54) is 7.11 Å². The molecule has 0 aromatic heterocycles. The SMILES string of the molecule is COCC(C)(CC(=O)O)NC(=O)c1ccc2c(c1)N=S=N2. The van der Waals surface area contributed by atoms with Gasteiger partial charge in [-0.3, -0.25) is 9.59 Å². The number of carboxylic acid groups (broad SMARTS) is 1. The number of benzene rings is 1. The number of carboxylic acids is 1. The lowest BCUT2D eigenvalue weighted by atomic mass is 9.98. The number of hydrogen-bond acceptors (Lipinski definition) is 5. The maximum absolute atomic E-state index is 12.3. The standard InChI is InChI=1S/C13H15N3O4S/c1-13(7-20-2,6-11(17)18)14-12(19)8-3-4-9-10(5-8)16-21-15-9/h3-5H,6-7H2,1-2H3,(H,14,19)(H,17,18). The highest BCUT2D eigenvalue weighted by Crippen LogP contribution is 2.32. The number of aliphatic carboxylic acids is 1. The molecule has 0 saturated carbocycles. The number of nitrogens with zero attached hydrogens (tertiary/aromatic N) is 2. The van der Waals surface area contributed by atoms with Gasteiger partial charge in [-0.2, -0.15) is 8.73 Å². The summed E-state index contributed by atoms with van der Waals surface area (Å²) in [4.78, 5) is 23.2. The normalized spacial score (nSPS) is 15.0. The van der Waals surface area contributed by atoms with E-state index in [9.17, 15) is 9.59 Å². The first-order valence-corrected chi connectivity index (χ1v) is 6.92. The third-order valence-electron chi connectivity index (χ3n) is 2.94. The molecule has 1 aliphatic heterocycles. The molecule has 1 heterocycles. The average Bonchev–Trinajstić information content (AvgIpc) is 2.84. The molecule has 2 N–H and O–H groups in total. The largest absolute Gasteiger partial charge is 0.481 e. The van der Waals surface area contributed by atoms with Crippen molar-refractivity contribution in [2.24, 2.45) is 8.73 Å². The Morgan fingerprint density at radius 2 is 2.10 bits per heavy atom. The van der Waals surface area contributed by atoms with Gasteiger partial charge in [0.2, 0.25) is 0 Å². The molecule has 0 fully saturated rings. The highest BCUT2D eigenvalue weighted by Gasteiger charge is 2.30. The first-order chi connectivity index (χ1) is 9.93.